The Morgan fingerprint density at radius 1 is 1.43 bits per heavy atom. The van der Waals surface area contributed by atoms with Crippen molar-refractivity contribution in [1.29, 1.82) is 0 Å². The number of nitrogens with one attached hydrogen (secondary N) is 1. The van der Waals surface area contributed by atoms with Crippen molar-refractivity contribution in [2.75, 3.05) is 27.2 Å². The minimum absolute atomic E-state index is 0.195. The van der Waals surface area contributed by atoms with Crippen LogP contribution in [0.15, 0.2) is 29.2 Å². The number of aryl methyl sites for hydroxylation is 1. The number of likely N-dealkylation sites (N-methyl/N-ethyl adjacent to an activating group) is 2. The fourth-order valence-electron chi connectivity index (χ4n) is 3.38. The molecule has 1 saturated heterocycles. The summed E-state index contributed by atoms with van der Waals surface area (Å²) in [6, 6.07) is 5.94. The molecule has 122 valence electrons. The van der Waals surface area contributed by atoms with Crippen molar-refractivity contribution < 1.29 is 4.79 Å². The van der Waals surface area contributed by atoms with Gasteiger partial charge in [0.25, 0.3) is 5.91 Å². The molecule has 0 saturated carbocycles. The summed E-state index contributed by atoms with van der Waals surface area (Å²) in [5.74, 6) is -0.213. The first-order valence-corrected chi connectivity index (χ1v) is 8.05. The van der Waals surface area contributed by atoms with Gasteiger partial charge >= 0.3 is 0 Å². The number of likely N-dealkylation sites (tertiary alicyclic amines) is 1. The van der Waals surface area contributed by atoms with Gasteiger partial charge in [-0.1, -0.05) is 12.1 Å². The van der Waals surface area contributed by atoms with E-state index in [4.69, 9.17) is 0 Å². The van der Waals surface area contributed by atoms with Gasteiger partial charge in [-0.15, -0.1) is 0 Å². The fourth-order valence-corrected chi connectivity index (χ4v) is 3.38. The molecular weight excluding hydrogens is 290 g/mol. The zero-order valence-electron chi connectivity index (χ0n) is 13.9. The highest BCUT2D eigenvalue weighted by Crippen LogP contribution is 2.17. The summed E-state index contributed by atoms with van der Waals surface area (Å²) in [5, 5.41) is 0.572. The number of H-pyrrole nitrogens is 1. The number of hydrogen-bond donors (Lipinski definition) is 1. The summed E-state index contributed by atoms with van der Waals surface area (Å²) >= 11 is 0. The van der Waals surface area contributed by atoms with Gasteiger partial charge in [0.15, 0.2) is 0 Å². The van der Waals surface area contributed by atoms with Crippen LogP contribution in [-0.2, 0) is 0 Å². The molecule has 2 heterocycles. The van der Waals surface area contributed by atoms with Gasteiger partial charge in [0.2, 0.25) is 5.43 Å². The van der Waals surface area contributed by atoms with Crippen LogP contribution in [0.4, 0.5) is 0 Å². The number of para-hydroxylation sites is 1. The maximum Gasteiger partial charge on any atom is 0.259 e. The number of pyridine rings is 1. The number of carbonyl (C=O) groups is 1. The number of amides is 1. The zero-order chi connectivity index (χ0) is 16.6. The number of aromatic nitrogens is 1. The van der Waals surface area contributed by atoms with E-state index in [1.165, 1.54) is 6.42 Å². The van der Waals surface area contributed by atoms with Crippen molar-refractivity contribution in [3.8, 4) is 0 Å². The van der Waals surface area contributed by atoms with Crippen molar-refractivity contribution in [3.63, 3.8) is 0 Å². The molecule has 0 bridgehead atoms. The molecule has 1 aromatic heterocycles. The van der Waals surface area contributed by atoms with E-state index in [9.17, 15) is 9.59 Å². The zero-order valence-corrected chi connectivity index (χ0v) is 13.9. The van der Waals surface area contributed by atoms with E-state index >= 15 is 0 Å². The molecule has 0 radical (unpaired) electrons. The molecule has 1 aliphatic heterocycles. The van der Waals surface area contributed by atoms with Gasteiger partial charge in [-0.05, 0) is 45.0 Å². The predicted molar refractivity (Wildman–Crippen MR) is 91.9 cm³/mol. The number of benzene rings is 1. The van der Waals surface area contributed by atoms with E-state index in [2.05, 4.69) is 16.9 Å². The lowest BCUT2D eigenvalue weighted by Gasteiger charge is -2.25. The first-order valence-electron chi connectivity index (χ1n) is 8.05. The number of nitrogens with zero attached hydrogens (tertiary/aromatic N) is 2. The van der Waals surface area contributed by atoms with E-state index in [1.807, 2.05) is 19.1 Å². The molecule has 3 rings (SSSR count). The highest BCUT2D eigenvalue weighted by atomic mass is 16.2. The molecule has 1 aromatic carbocycles. The highest BCUT2D eigenvalue weighted by Gasteiger charge is 2.25. The van der Waals surface area contributed by atoms with Gasteiger partial charge in [0.05, 0.1) is 5.52 Å². The van der Waals surface area contributed by atoms with Crippen molar-refractivity contribution >= 4 is 16.8 Å². The molecule has 1 amide bonds. The highest BCUT2D eigenvalue weighted by molar-refractivity contribution is 5.97. The summed E-state index contributed by atoms with van der Waals surface area (Å²) < 4.78 is 0. The Hall–Kier alpha value is -2.14. The molecule has 23 heavy (non-hydrogen) atoms. The quantitative estimate of drug-likeness (QED) is 0.943. The lowest BCUT2D eigenvalue weighted by atomic mass is 10.1. The van der Waals surface area contributed by atoms with Gasteiger partial charge in [-0.3, -0.25) is 9.59 Å². The second-order valence-electron chi connectivity index (χ2n) is 6.49. The minimum atomic E-state index is -0.213. The van der Waals surface area contributed by atoms with E-state index in [0.29, 0.717) is 18.0 Å². The molecule has 2 aromatic rings. The van der Waals surface area contributed by atoms with Crippen LogP contribution in [0.3, 0.4) is 0 Å². The third-order valence-corrected chi connectivity index (χ3v) is 4.86. The molecule has 1 unspecified atom stereocenters. The molecular formula is C18H23N3O2. The molecule has 0 spiro atoms. The maximum atomic E-state index is 12.7. The Balaban J connectivity index is 1.89. The average molecular weight is 313 g/mol. The van der Waals surface area contributed by atoms with Crippen molar-refractivity contribution in [3.05, 3.63) is 45.7 Å². The van der Waals surface area contributed by atoms with Gasteiger partial charge in [0, 0.05) is 31.2 Å². The van der Waals surface area contributed by atoms with E-state index < -0.39 is 0 Å². The predicted octanol–water partition coefficient (Wildman–Crippen LogP) is 2.00. The Bertz CT molecular complexity index is 796. The van der Waals surface area contributed by atoms with Crippen molar-refractivity contribution in [2.24, 2.45) is 0 Å². The van der Waals surface area contributed by atoms with Gasteiger partial charge in [-0.25, -0.2) is 0 Å². The van der Waals surface area contributed by atoms with Crippen molar-refractivity contribution in [2.45, 2.75) is 25.8 Å². The Kier molecular flexibility index (Phi) is 4.22. The summed E-state index contributed by atoms with van der Waals surface area (Å²) in [5.41, 5.74) is 1.82. The lowest BCUT2D eigenvalue weighted by molar-refractivity contribution is 0.0760. The van der Waals surface area contributed by atoms with Gasteiger partial charge in [0.1, 0.15) is 5.56 Å². The van der Waals surface area contributed by atoms with Crippen LogP contribution in [0.1, 0.15) is 28.8 Å². The first-order chi connectivity index (χ1) is 11.0. The molecule has 0 aliphatic carbocycles. The molecule has 5 heteroatoms. The number of carbonyl (C=O) groups excluding carboxylic acids is 1. The molecule has 1 atom stereocenters. The fraction of sp³-hybridized carbons (Fsp3) is 0.444. The smallest absolute Gasteiger partial charge is 0.259 e. The third-order valence-electron chi connectivity index (χ3n) is 4.86. The molecule has 1 aliphatic rings. The summed E-state index contributed by atoms with van der Waals surface area (Å²) in [6.07, 6.45) is 3.81. The topological polar surface area (TPSA) is 56.4 Å². The lowest BCUT2D eigenvalue weighted by Crippen LogP contribution is -2.40. The Morgan fingerprint density at radius 2 is 2.22 bits per heavy atom. The third kappa shape index (κ3) is 2.88. The van der Waals surface area contributed by atoms with Crippen LogP contribution < -0.4 is 5.43 Å². The standard InChI is InChI=1S/C18H23N3O2/c1-12-6-4-8-14-16(12)19-10-15(17(14)22)18(23)21(3)11-13-7-5-9-20(13)2/h4,6,8,10,13H,5,7,9,11H2,1-3H3,(H,19,22). The van der Waals surface area contributed by atoms with Crippen molar-refractivity contribution in [1.82, 2.24) is 14.8 Å². The number of hydrogen-bond acceptors (Lipinski definition) is 3. The number of aromatic amines is 1. The summed E-state index contributed by atoms with van der Waals surface area (Å²) in [7, 11) is 3.86. The van der Waals surface area contributed by atoms with Gasteiger partial charge in [-0.2, -0.15) is 0 Å². The minimum Gasteiger partial charge on any atom is -0.360 e. The van der Waals surface area contributed by atoms with Crippen LogP contribution in [-0.4, -0.2) is 53.9 Å². The number of fused-ring (bicyclic) bond motifs is 1. The van der Waals surface area contributed by atoms with Crippen LogP contribution >= 0.6 is 0 Å². The van der Waals surface area contributed by atoms with Crippen LogP contribution in [0, 0.1) is 6.92 Å². The Morgan fingerprint density at radius 3 is 2.91 bits per heavy atom. The molecule has 1 fully saturated rings. The normalized spacial score (nSPS) is 18.5. The monoisotopic (exact) mass is 313 g/mol. The molecule has 5 nitrogen and oxygen atoms in total. The maximum absolute atomic E-state index is 12.7. The average Bonchev–Trinajstić information content (AvgIpc) is 2.93. The van der Waals surface area contributed by atoms with E-state index in [1.54, 1.807) is 24.2 Å². The summed E-state index contributed by atoms with van der Waals surface area (Å²) in [4.78, 5) is 32.4. The first kappa shape index (κ1) is 15.7. The van der Waals surface area contributed by atoms with Crippen LogP contribution in [0.2, 0.25) is 0 Å². The van der Waals surface area contributed by atoms with E-state index in [0.717, 1.165) is 24.0 Å². The van der Waals surface area contributed by atoms with Crippen LogP contribution in [0.5, 0.6) is 0 Å². The molecule has 1 N–H and O–H groups in total. The Labute approximate surface area is 135 Å². The van der Waals surface area contributed by atoms with Gasteiger partial charge < -0.3 is 14.8 Å². The second kappa shape index (κ2) is 6.16. The van der Waals surface area contributed by atoms with Crippen LogP contribution in [0.25, 0.3) is 10.9 Å². The largest absolute Gasteiger partial charge is 0.360 e. The second-order valence-corrected chi connectivity index (χ2v) is 6.49. The number of rotatable bonds is 3. The van der Waals surface area contributed by atoms with E-state index in [-0.39, 0.29) is 16.9 Å². The SMILES string of the molecule is Cc1cccc2c(=O)c(C(=O)N(C)CC3CCCN3C)c[nH]c12. The summed E-state index contributed by atoms with van der Waals surface area (Å²) in [6.45, 7) is 3.67.